The van der Waals surface area contributed by atoms with E-state index in [1.165, 1.54) is 6.07 Å². The van der Waals surface area contributed by atoms with Gasteiger partial charge in [0.15, 0.2) is 5.75 Å². The van der Waals surface area contributed by atoms with Crippen molar-refractivity contribution in [1.29, 1.82) is 0 Å². The van der Waals surface area contributed by atoms with Gasteiger partial charge in [0.25, 0.3) is 5.91 Å². The number of phenolic OH excluding ortho intramolecular Hbond substituents is 1. The zero-order valence-electron chi connectivity index (χ0n) is 10.9. The lowest BCUT2D eigenvalue weighted by Gasteiger charge is -2.19. The molecule has 0 aliphatic carbocycles. The summed E-state index contributed by atoms with van der Waals surface area (Å²) in [5.41, 5.74) is -0.0162. The minimum atomic E-state index is -0.678. The number of nitro benzene ring substituents is 1. The van der Waals surface area contributed by atoms with E-state index < -0.39 is 16.4 Å². The van der Waals surface area contributed by atoms with Crippen LogP contribution in [0.15, 0.2) is 18.2 Å². The highest BCUT2D eigenvalue weighted by Gasteiger charge is 2.32. The van der Waals surface area contributed by atoms with Crippen LogP contribution in [-0.2, 0) is 0 Å². The number of benzene rings is 1. The molecular formula is C13H16N2O4. The number of hydrogen-bond acceptors (Lipinski definition) is 4. The van der Waals surface area contributed by atoms with Crippen LogP contribution in [0.25, 0.3) is 0 Å². The van der Waals surface area contributed by atoms with Gasteiger partial charge < -0.3 is 10.0 Å². The molecular weight excluding hydrogens is 248 g/mol. The van der Waals surface area contributed by atoms with Crippen LogP contribution in [0.2, 0.25) is 0 Å². The Labute approximate surface area is 110 Å². The summed E-state index contributed by atoms with van der Waals surface area (Å²) in [7, 11) is 0. The lowest BCUT2D eigenvalue weighted by molar-refractivity contribution is -0.385. The number of carbonyl (C=O) groups is 1. The number of carbonyl (C=O) groups excluding carboxylic acids is 1. The molecule has 6 nitrogen and oxygen atoms in total. The van der Waals surface area contributed by atoms with Crippen LogP contribution >= 0.6 is 0 Å². The predicted octanol–water partition coefficient (Wildman–Crippen LogP) is 2.17. The summed E-state index contributed by atoms with van der Waals surface area (Å²) in [6, 6.07) is 3.70. The van der Waals surface area contributed by atoms with Crippen molar-refractivity contribution in [3.63, 3.8) is 0 Å². The number of phenols is 1. The third-order valence-electron chi connectivity index (χ3n) is 3.38. The fourth-order valence-electron chi connectivity index (χ4n) is 2.28. The van der Waals surface area contributed by atoms with E-state index in [-0.39, 0.29) is 16.9 Å². The second-order valence-electron chi connectivity index (χ2n) is 5.60. The molecule has 1 N–H and O–H groups in total. The first kappa shape index (κ1) is 13.3. The van der Waals surface area contributed by atoms with E-state index in [2.05, 4.69) is 13.8 Å². The summed E-state index contributed by atoms with van der Waals surface area (Å²) < 4.78 is 0. The van der Waals surface area contributed by atoms with Crippen LogP contribution in [0.1, 0.15) is 30.6 Å². The molecule has 1 fully saturated rings. The lowest BCUT2D eigenvalue weighted by Crippen LogP contribution is -2.30. The Morgan fingerprint density at radius 2 is 2.16 bits per heavy atom. The second kappa shape index (κ2) is 4.53. The molecule has 1 amide bonds. The maximum Gasteiger partial charge on any atom is 0.310 e. The Hall–Kier alpha value is -2.11. The monoisotopic (exact) mass is 264 g/mol. The van der Waals surface area contributed by atoms with Crippen LogP contribution < -0.4 is 0 Å². The summed E-state index contributed by atoms with van der Waals surface area (Å²) >= 11 is 0. The van der Waals surface area contributed by atoms with Crippen LogP contribution in [-0.4, -0.2) is 33.9 Å². The lowest BCUT2D eigenvalue weighted by atomic mass is 9.93. The maximum atomic E-state index is 12.2. The van der Waals surface area contributed by atoms with Gasteiger partial charge in [-0.1, -0.05) is 13.8 Å². The molecule has 1 aliphatic heterocycles. The van der Waals surface area contributed by atoms with Crippen LogP contribution in [0, 0.1) is 15.5 Å². The molecule has 0 unspecified atom stereocenters. The first-order valence-electron chi connectivity index (χ1n) is 6.07. The normalized spacial score (nSPS) is 17.5. The van der Waals surface area contributed by atoms with Crippen LogP contribution in [0.3, 0.4) is 0 Å². The SMILES string of the molecule is CC1(C)CCN(C(=O)c2ccc([N+](=O)[O-])c(O)c2)C1. The Morgan fingerprint density at radius 1 is 1.47 bits per heavy atom. The Bertz CT molecular complexity index is 539. The van der Waals surface area contributed by atoms with Gasteiger partial charge in [0, 0.05) is 24.7 Å². The van der Waals surface area contributed by atoms with Crippen LogP contribution in [0.5, 0.6) is 5.75 Å². The van der Waals surface area contributed by atoms with Crippen molar-refractivity contribution in [1.82, 2.24) is 4.90 Å². The van der Waals surface area contributed by atoms with Crippen LogP contribution in [0.4, 0.5) is 5.69 Å². The van der Waals surface area contributed by atoms with E-state index in [0.717, 1.165) is 18.6 Å². The van der Waals surface area contributed by atoms with Gasteiger partial charge in [0.1, 0.15) is 0 Å². The highest BCUT2D eigenvalue weighted by atomic mass is 16.6. The summed E-state index contributed by atoms with van der Waals surface area (Å²) in [5.74, 6) is -0.676. The van der Waals surface area contributed by atoms with Crippen molar-refractivity contribution in [2.24, 2.45) is 5.41 Å². The maximum absolute atomic E-state index is 12.2. The van der Waals surface area contributed by atoms with E-state index in [1.807, 2.05) is 0 Å². The number of rotatable bonds is 2. The molecule has 0 radical (unpaired) electrons. The van der Waals surface area contributed by atoms with E-state index >= 15 is 0 Å². The minimum Gasteiger partial charge on any atom is -0.502 e. The first-order valence-corrected chi connectivity index (χ1v) is 6.07. The van der Waals surface area contributed by atoms with E-state index in [0.29, 0.717) is 13.1 Å². The van der Waals surface area contributed by atoms with Gasteiger partial charge in [-0.25, -0.2) is 0 Å². The van der Waals surface area contributed by atoms with Crippen molar-refractivity contribution in [2.75, 3.05) is 13.1 Å². The number of likely N-dealkylation sites (tertiary alicyclic amines) is 1. The standard InChI is InChI=1S/C13H16N2O4/c1-13(2)5-6-14(8-13)12(17)9-3-4-10(15(18)19)11(16)7-9/h3-4,7,16H,5-6,8H2,1-2H3. The summed E-state index contributed by atoms with van der Waals surface area (Å²) in [6.07, 6.45) is 0.928. The molecule has 1 aromatic rings. The van der Waals surface area contributed by atoms with Gasteiger partial charge in [-0.05, 0) is 24.0 Å². The molecule has 1 saturated heterocycles. The fraction of sp³-hybridized carbons (Fsp3) is 0.462. The molecule has 0 aromatic heterocycles. The highest BCUT2D eigenvalue weighted by Crippen LogP contribution is 2.31. The number of nitrogens with zero attached hydrogens (tertiary/aromatic N) is 2. The van der Waals surface area contributed by atoms with Gasteiger partial charge in [-0.3, -0.25) is 14.9 Å². The fourth-order valence-corrected chi connectivity index (χ4v) is 2.28. The van der Waals surface area contributed by atoms with Gasteiger partial charge in [-0.15, -0.1) is 0 Å². The van der Waals surface area contributed by atoms with Crippen molar-refractivity contribution >= 4 is 11.6 Å². The first-order chi connectivity index (χ1) is 8.80. The van der Waals surface area contributed by atoms with Crippen molar-refractivity contribution in [3.05, 3.63) is 33.9 Å². The van der Waals surface area contributed by atoms with Crippen molar-refractivity contribution in [3.8, 4) is 5.75 Å². The molecule has 6 heteroatoms. The number of nitro groups is 1. The largest absolute Gasteiger partial charge is 0.502 e. The molecule has 1 aromatic carbocycles. The molecule has 0 spiro atoms. The van der Waals surface area contributed by atoms with E-state index in [1.54, 1.807) is 4.90 Å². The zero-order chi connectivity index (χ0) is 14.2. The quantitative estimate of drug-likeness (QED) is 0.655. The molecule has 0 atom stereocenters. The molecule has 2 rings (SSSR count). The third-order valence-corrected chi connectivity index (χ3v) is 3.38. The number of amides is 1. The van der Waals surface area contributed by atoms with Gasteiger partial charge in [0.2, 0.25) is 0 Å². The molecule has 19 heavy (non-hydrogen) atoms. The molecule has 1 aliphatic rings. The Kier molecular flexibility index (Phi) is 3.18. The summed E-state index contributed by atoms with van der Waals surface area (Å²) in [5, 5.41) is 20.1. The smallest absolute Gasteiger partial charge is 0.310 e. The zero-order valence-corrected chi connectivity index (χ0v) is 10.9. The van der Waals surface area contributed by atoms with Gasteiger partial charge >= 0.3 is 5.69 Å². The summed E-state index contributed by atoms with van der Waals surface area (Å²) in [4.78, 5) is 23.8. The van der Waals surface area contributed by atoms with E-state index in [4.69, 9.17) is 0 Å². The second-order valence-corrected chi connectivity index (χ2v) is 5.60. The Balaban J connectivity index is 2.21. The van der Waals surface area contributed by atoms with Gasteiger partial charge in [-0.2, -0.15) is 0 Å². The molecule has 0 saturated carbocycles. The number of hydrogen-bond donors (Lipinski definition) is 1. The molecule has 0 bridgehead atoms. The van der Waals surface area contributed by atoms with Gasteiger partial charge in [0.05, 0.1) is 4.92 Å². The average molecular weight is 264 g/mol. The predicted molar refractivity (Wildman–Crippen MR) is 69.1 cm³/mol. The third kappa shape index (κ3) is 2.67. The Morgan fingerprint density at radius 3 is 2.63 bits per heavy atom. The van der Waals surface area contributed by atoms with Crippen molar-refractivity contribution in [2.45, 2.75) is 20.3 Å². The highest BCUT2D eigenvalue weighted by molar-refractivity contribution is 5.95. The topological polar surface area (TPSA) is 83.7 Å². The minimum absolute atomic E-state index is 0.0957. The van der Waals surface area contributed by atoms with Crippen molar-refractivity contribution < 1.29 is 14.8 Å². The number of aromatic hydroxyl groups is 1. The molecule has 1 heterocycles. The summed E-state index contributed by atoms with van der Waals surface area (Å²) in [6.45, 7) is 5.51. The molecule has 102 valence electrons. The van der Waals surface area contributed by atoms with E-state index in [9.17, 15) is 20.0 Å². The average Bonchev–Trinajstić information content (AvgIpc) is 2.68.